The van der Waals surface area contributed by atoms with Gasteiger partial charge in [-0.15, -0.1) is 0 Å². The van der Waals surface area contributed by atoms with Gasteiger partial charge in [0.05, 0.1) is 5.69 Å². The lowest BCUT2D eigenvalue weighted by Crippen LogP contribution is -2.24. The normalized spacial score (nSPS) is 11.6. The van der Waals surface area contributed by atoms with E-state index in [1.165, 1.54) is 26.9 Å². The Bertz CT molecular complexity index is 1260. The van der Waals surface area contributed by atoms with E-state index in [4.69, 9.17) is 0 Å². The molecule has 0 bridgehead atoms. The van der Waals surface area contributed by atoms with E-state index in [1.54, 1.807) is 7.05 Å². The van der Waals surface area contributed by atoms with Crippen LogP contribution >= 0.6 is 0 Å². The molecule has 0 heterocycles. The van der Waals surface area contributed by atoms with Gasteiger partial charge < -0.3 is 10.6 Å². The molecule has 0 aliphatic rings. The van der Waals surface area contributed by atoms with Crippen molar-refractivity contribution in [2.24, 2.45) is 0 Å². The highest BCUT2D eigenvalue weighted by atomic mass is 16.2. The van der Waals surface area contributed by atoms with Crippen LogP contribution in [0.25, 0.3) is 43.1 Å². The fourth-order valence-corrected chi connectivity index (χ4v) is 3.91. The lowest BCUT2D eigenvalue weighted by molar-refractivity contribution is 0.254. The van der Waals surface area contributed by atoms with Gasteiger partial charge in [-0.2, -0.15) is 0 Å². The Morgan fingerprint density at radius 1 is 0.680 bits per heavy atom. The van der Waals surface area contributed by atoms with Gasteiger partial charge in [0.2, 0.25) is 0 Å². The van der Waals surface area contributed by atoms with Crippen LogP contribution in [0.4, 0.5) is 10.5 Å². The topological polar surface area (TPSA) is 41.1 Å². The first-order valence-electron chi connectivity index (χ1n) is 8.35. The standard InChI is InChI=1S/C22H16N2O/c1-23-22(25)24-21-17-8-3-2-7-15(17)16-11-9-13-5-4-6-14-10-12-18(21)20(16)19(13)14/h2-12H,1H3,(H2,23,24,25). The molecular formula is C22H16N2O. The van der Waals surface area contributed by atoms with Crippen molar-refractivity contribution in [3.05, 3.63) is 66.7 Å². The van der Waals surface area contributed by atoms with E-state index in [-0.39, 0.29) is 6.03 Å². The van der Waals surface area contributed by atoms with Crippen molar-refractivity contribution < 1.29 is 4.79 Å². The summed E-state index contributed by atoms with van der Waals surface area (Å²) in [6.45, 7) is 0. The third-order valence-electron chi connectivity index (χ3n) is 5.00. The Morgan fingerprint density at radius 2 is 1.36 bits per heavy atom. The fraction of sp³-hybridized carbons (Fsp3) is 0.0455. The summed E-state index contributed by atoms with van der Waals surface area (Å²) < 4.78 is 0. The van der Waals surface area contributed by atoms with Gasteiger partial charge in [-0.05, 0) is 26.9 Å². The zero-order chi connectivity index (χ0) is 17.0. The molecule has 25 heavy (non-hydrogen) atoms. The molecule has 0 fully saturated rings. The van der Waals surface area contributed by atoms with E-state index in [0.29, 0.717) is 0 Å². The average molecular weight is 324 g/mol. The maximum atomic E-state index is 12.1. The molecule has 0 unspecified atom stereocenters. The molecule has 0 saturated heterocycles. The number of urea groups is 1. The summed E-state index contributed by atoms with van der Waals surface area (Å²) in [6, 6.07) is 23.0. The van der Waals surface area contributed by atoms with Crippen molar-refractivity contribution in [2.75, 3.05) is 12.4 Å². The van der Waals surface area contributed by atoms with Gasteiger partial charge in [0.25, 0.3) is 0 Å². The summed E-state index contributed by atoms with van der Waals surface area (Å²) in [5.74, 6) is 0. The first kappa shape index (κ1) is 14.1. The predicted molar refractivity (Wildman–Crippen MR) is 106 cm³/mol. The highest BCUT2D eigenvalue weighted by Gasteiger charge is 2.16. The molecule has 120 valence electrons. The molecule has 0 aliphatic carbocycles. The van der Waals surface area contributed by atoms with Crippen LogP contribution in [0.2, 0.25) is 0 Å². The minimum absolute atomic E-state index is 0.208. The van der Waals surface area contributed by atoms with Crippen molar-refractivity contribution in [1.29, 1.82) is 0 Å². The van der Waals surface area contributed by atoms with Crippen LogP contribution in [0.1, 0.15) is 0 Å². The van der Waals surface area contributed by atoms with Crippen molar-refractivity contribution in [2.45, 2.75) is 0 Å². The third kappa shape index (κ3) is 1.89. The van der Waals surface area contributed by atoms with Gasteiger partial charge in [0.15, 0.2) is 0 Å². The number of fused-ring (bicyclic) bond motifs is 2. The van der Waals surface area contributed by atoms with Gasteiger partial charge in [-0.3, -0.25) is 0 Å². The van der Waals surface area contributed by atoms with Gasteiger partial charge in [0.1, 0.15) is 0 Å². The zero-order valence-electron chi connectivity index (χ0n) is 13.8. The number of carbonyl (C=O) groups is 1. The summed E-state index contributed by atoms with van der Waals surface area (Å²) in [7, 11) is 1.63. The number of rotatable bonds is 1. The SMILES string of the molecule is CNC(=O)Nc1c2ccccc2c2ccc3cccc4ccc1c2c43. The van der Waals surface area contributed by atoms with Crippen molar-refractivity contribution in [3.63, 3.8) is 0 Å². The molecule has 0 aromatic heterocycles. The van der Waals surface area contributed by atoms with Crippen molar-refractivity contribution >= 4 is 54.8 Å². The van der Waals surface area contributed by atoms with Gasteiger partial charge in [-0.25, -0.2) is 4.79 Å². The Labute approximate surface area is 144 Å². The Kier molecular flexibility index (Phi) is 2.86. The van der Waals surface area contributed by atoms with Crippen molar-refractivity contribution in [3.8, 4) is 0 Å². The number of amides is 2. The molecule has 5 aromatic carbocycles. The second-order valence-electron chi connectivity index (χ2n) is 6.31. The van der Waals surface area contributed by atoms with E-state index in [9.17, 15) is 4.79 Å². The molecule has 0 radical (unpaired) electrons. The number of nitrogens with one attached hydrogen (secondary N) is 2. The number of anilines is 1. The predicted octanol–water partition coefficient (Wildman–Crippen LogP) is 5.49. The lowest BCUT2D eigenvalue weighted by Gasteiger charge is -2.18. The molecule has 5 rings (SSSR count). The van der Waals surface area contributed by atoms with E-state index in [0.717, 1.165) is 21.8 Å². The first-order chi connectivity index (χ1) is 12.3. The lowest BCUT2D eigenvalue weighted by atomic mass is 9.90. The Balaban J connectivity index is 2.07. The zero-order valence-corrected chi connectivity index (χ0v) is 13.8. The molecule has 3 heteroatoms. The largest absolute Gasteiger partial charge is 0.341 e. The molecule has 0 atom stereocenters. The van der Waals surface area contributed by atoms with Gasteiger partial charge >= 0.3 is 6.03 Å². The summed E-state index contributed by atoms with van der Waals surface area (Å²) >= 11 is 0. The summed E-state index contributed by atoms with van der Waals surface area (Å²) in [5.41, 5.74) is 0.862. The minimum atomic E-state index is -0.208. The maximum absolute atomic E-state index is 12.1. The van der Waals surface area contributed by atoms with E-state index < -0.39 is 0 Å². The smallest absolute Gasteiger partial charge is 0.319 e. The van der Waals surface area contributed by atoms with Gasteiger partial charge in [0, 0.05) is 23.2 Å². The highest BCUT2D eigenvalue weighted by Crippen LogP contribution is 2.42. The quantitative estimate of drug-likeness (QED) is 0.311. The van der Waals surface area contributed by atoms with Crippen LogP contribution in [0.3, 0.4) is 0 Å². The average Bonchev–Trinajstić information content (AvgIpc) is 2.67. The number of hydrogen-bond acceptors (Lipinski definition) is 1. The Hall–Kier alpha value is -3.33. The maximum Gasteiger partial charge on any atom is 0.319 e. The molecule has 2 N–H and O–H groups in total. The second kappa shape index (κ2) is 5.08. The molecule has 0 spiro atoms. The highest BCUT2D eigenvalue weighted by molar-refractivity contribution is 6.33. The van der Waals surface area contributed by atoms with Crippen molar-refractivity contribution in [1.82, 2.24) is 5.32 Å². The van der Waals surface area contributed by atoms with Crippen LogP contribution in [0, 0.1) is 0 Å². The van der Waals surface area contributed by atoms with Crippen LogP contribution in [0.15, 0.2) is 66.7 Å². The summed E-state index contributed by atoms with van der Waals surface area (Å²) in [5, 5.41) is 15.1. The second-order valence-corrected chi connectivity index (χ2v) is 6.31. The van der Waals surface area contributed by atoms with E-state index >= 15 is 0 Å². The van der Waals surface area contributed by atoms with E-state index in [1.807, 2.05) is 12.1 Å². The number of hydrogen-bond donors (Lipinski definition) is 2. The molecule has 0 saturated carbocycles. The number of carbonyl (C=O) groups excluding carboxylic acids is 1. The van der Waals surface area contributed by atoms with Crippen LogP contribution in [0.5, 0.6) is 0 Å². The monoisotopic (exact) mass is 324 g/mol. The first-order valence-corrected chi connectivity index (χ1v) is 8.35. The Morgan fingerprint density at radius 3 is 2.08 bits per heavy atom. The summed E-state index contributed by atoms with van der Waals surface area (Å²) in [6.07, 6.45) is 0. The summed E-state index contributed by atoms with van der Waals surface area (Å²) in [4.78, 5) is 12.1. The fourth-order valence-electron chi connectivity index (χ4n) is 3.91. The van der Waals surface area contributed by atoms with Crippen LogP contribution in [-0.4, -0.2) is 13.1 Å². The molecule has 2 amide bonds. The molecular weight excluding hydrogens is 308 g/mol. The molecule has 0 aliphatic heterocycles. The number of benzene rings is 5. The third-order valence-corrected chi connectivity index (χ3v) is 5.00. The van der Waals surface area contributed by atoms with Crippen LogP contribution < -0.4 is 10.6 Å². The van der Waals surface area contributed by atoms with E-state index in [2.05, 4.69) is 65.2 Å². The van der Waals surface area contributed by atoms with Crippen LogP contribution in [-0.2, 0) is 0 Å². The molecule has 3 nitrogen and oxygen atoms in total. The van der Waals surface area contributed by atoms with Gasteiger partial charge in [-0.1, -0.05) is 66.7 Å². The minimum Gasteiger partial charge on any atom is -0.341 e. The molecule has 5 aromatic rings.